The Balaban J connectivity index is 1.81. The molecule has 0 amide bonds. The Morgan fingerprint density at radius 2 is 1.81 bits per heavy atom. The smallest absolute Gasteiger partial charge is 0.416 e. The maximum absolute atomic E-state index is 13.3. The van der Waals surface area contributed by atoms with E-state index in [0.717, 1.165) is 18.4 Å². The highest BCUT2D eigenvalue weighted by Gasteiger charge is 2.33. The third-order valence-corrected chi connectivity index (χ3v) is 6.69. The molecule has 2 aliphatic heterocycles. The number of amidine groups is 1. The van der Waals surface area contributed by atoms with E-state index in [-0.39, 0.29) is 18.0 Å². The lowest BCUT2D eigenvalue weighted by atomic mass is 10.1. The van der Waals surface area contributed by atoms with Crippen LogP contribution in [0, 0.1) is 0 Å². The van der Waals surface area contributed by atoms with Gasteiger partial charge < -0.3 is 14.4 Å². The summed E-state index contributed by atoms with van der Waals surface area (Å²) in [5.74, 6) is 1.54. The van der Waals surface area contributed by atoms with Crippen molar-refractivity contribution in [2.75, 3.05) is 39.5 Å². The summed E-state index contributed by atoms with van der Waals surface area (Å²) < 4.78 is 76.5. The van der Waals surface area contributed by atoms with Crippen LogP contribution in [0.15, 0.2) is 41.4 Å². The van der Waals surface area contributed by atoms with Gasteiger partial charge >= 0.3 is 6.18 Å². The number of ether oxygens (including phenoxy) is 2. The number of sulfonamides is 1. The second kappa shape index (κ2) is 8.28. The first-order chi connectivity index (χ1) is 15.1. The van der Waals surface area contributed by atoms with E-state index in [2.05, 4.69) is 4.99 Å². The summed E-state index contributed by atoms with van der Waals surface area (Å²) in [6.45, 7) is 1.44. The number of hydrogen-bond donors (Lipinski definition) is 0. The van der Waals surface area contributed by atoms with Crippen LogP contribution in [-0.4, -0.2) is 63.0 Å². The zero-order valence-electron chi connectivity index (χ0n) is 17.5. The van der Waals surface area contributed by atoms with E-state index in [1.54, 1.807) is 18.2 Å². The fourth-order valence-corrected chi connectivity index (χ4v) is 4.61. The van der Waals surface area contributed by atoms with Crippen molar-refractivity contribution in [2.45, 2.75) is 12.6 Å². The number of nitrogens with zero attached hydrogens (tertiary/aromatic N) is 3. The number of alkyl halides is 3. The van der Waals surface area contributed by atoms with Gasteiger partial charge in [-0.2, -0.15) is 13.2 Å². The van der Waals surface area contributed by atoms with Crippen molar-refractivity contribution in [1.29, 1.82) is 0 Å². The Morgan fingerprint density at radius 3 is 2.50 bits per heavy atom. The van der Waals surface area contributed by atoms with E-state index in [4.69, 9.17) is 9.47 Å². The molecule has 0 saturated carbocycles. The Morgan fingerprint density at radius 1 is 1.03 bits per heavy atom. The molecule has 0 atom stereocenters. The van der Waals surface area contributed by atoms with Crippen molar-refractivity contribution < 1.29 is 31.1 Å². The maximum Gasteiger partial charge on any atom is 0.416 e. The number of rotatable bonds is 2. The number of aliphatic imine (C=N–C) groups is 1. The van der Waals surface area contributed by atoms with Gasteiger partial charge in [0, 0.05) is 32.2 Å². The molecule has 0 spiro atoms. The molecule has 2 heterocycles. The van der Waals surface area contributed by atoms with Crippen LogP contribution in [0.4, 0.5) is 18.9 Å². The number of fused-ring (bicyclic) bond motifs is 2. The predicted molar refractivity (Wildman–Crippen MR) is 113 cm³/mol. The number of halogens is 3. The van der Waals surface area contributed by atoms with Gasteiger partial charge in [0.05, 0.1) is 24.5 Å². The summed E-state index contributed by atoms with van der Waals surface area (Å²) in [7, 11) is -1.84. The molecule has 1 fully saturated rings. The van der Waals surface area contributed by atoms with Crippen molar-refractivity contribution in [3.63, 3.8) is 0 Å². The van der Waals surface area contributed by atoms with E-state index in [9.17, 15) is 21.6 Å². The van der Waals surface area contributed by atoms with E-state index < -0.39 is 21.8 Å². The quantitative estimate of drug-likeness (QED) is 0.668. The third kappa shape index (κ3) is 4.53. The van der Waals surface area contributed by atoms with Gasteiger partial charge in [0.1, 0.15) is 23.0 Å². The average molecular weight is 469 g/mol. The largest absolute Gasteiger partial charge is 0.497 e. The highest BCUT2D eigenvalue weighted by Crippen LogP contribution is 2.42. The van der Waals surface area contributed by atoms with Crippen LogP contribution in [0.2, 0.25) is 0 Å². The minimum absolute atomic E-state index is 0.0502. The fraction of sp³-hybridized carbons (Fsp3) is 0.381. The van der Waals surface area contributed by atoms with Crippen LogP contribution in [0.25, 0.3) is 0 Å². The molecule has 32 heavy (non-hydrogen) atoms. The second-order valence-corrected chi connectivity index (χ2v) is 9.56. The van der Waals surface area contributed by atoms with Crippen LogP contribution in [0.1, 0.15) is 17.5 Å². The average Bonchev–Trinajstić information content (AvgIpc) is 3.06. The standard InChI is InChI=1S/C21H22F3N3O4S/c1-30-15-5-6-16-19(13-15)31-18-7-4-14(21(22,23)24)12-17(18)25-20(16)26-8-3-9-27(11-10-26)32(2,28)29/h4-7,12-13H,3,8-11H2,1-2H3. The minimum atomic E-state index is -4.52. The Labute approximate surface area is 184 Å². The number of hydrogen-bond acceptors (Lipinski definition) is 6. The van der Waals surface area contributed by atoms with Crippen molar-refractivity contribution in [2.24, 2.45) is 4.99 Å². The lowest BCUT2D eigenvalue weighted by Crippen LogP contribution is -2.37. The minimum Gasteiger partial charge on any atom is -0.497 e. The van der Waals surface area contributed by atoms with E-state index >= 15 is 0 Å². The van der Waals surface area contributed by atoms with Gasteiger partial charge in [0.25, 0.3) is 0 Å². The molecule has 4 rings (SSSR count). The van der Waals surface area contributed by atoms with Crippen molar-refractivity contribution in [3.05, 3.63) is 47.5 Å². The summed E-state index contributed by atoms with van der Waals surface area (Å²) >= 11 is 0. The molecule has 7 nitrogen and oxygen atoms in total. The first-order valence-corrected chi connectivity index (χ1v) is 11.8. The lowest BCUT2D eigenvalue weighted by Gasteiger charge is -2.25. The molecule has 0 N–H and O–H groups in total. The molecular formula is C21H22F3N3O4S. The monoisotopic (exact) mass is 469 g/mol. The van der Waals surface area contributed by atoms with Gasteiger partial charge in [-0.15, -0.1) is 0 Å². The molecule has 0 aromatic heterocycles. The van der Waals surface area contributed by atoms with E-state index in [1.807, 2.05) is 4.90 Å². The van der Waals surface area contributed by atoms with Crippen LogP contribution in [0.5, 0.6) is 17.2 Å². The van der Waals surface area contributed by atoms with Crippen molar-refractivity contribution in [3.8, 4) is 17.2 Å². The topological polar surface area (TPSA) is 71.4 Å². The zero-order chi connectivity index (χ0) is 23.1. The van der Waals surface area contributed by atoms with Gasteiger partial charge in [-0.3, -0.25) is 0 Å². The van der Waals surface area contributed by atoms with Gasteiger partial charge in [-0.1, -0.05) is 0 Å². The molecule has 2 aromatic rings. The molecule has 0 aliphatic carbocycles. The number of methoxy groups -OCH3 is 1. The normalized spacial score (nSPS) is 17.4. The van der Waals surface area contributed by atoms with E-state index in [1.165, 1.54) is 17.5 Å². The number of benzene rings is 2. The fourth-order valence-electron chi connectivity index (χ4n) is 3.74. The van der Waals surface area contributed by atoms with Gasteiger partial charge in [-0.25, -0.2) is 17.7 Å². The van der Waals surface area contributed by atoms with Crippen LogP contribution < -0.4 is 9.47 Å². The molecule has 1 saturated heterocycles. The van der Waals surface area contributed by atoms with Crippen LogP contribution in [0.3, 0.4) is 0 Å². The molecule has 2 aromatic carbocycles. The zero-order valence-corrected chi connectivity index (χ0v) is 18.3. The summed E-state index contributed by atoms with van der Waals surface area (Å²) in [5, 5.41) is 0. The highest BCUT2D eigenvalue weighted by molar-refractivity contribution is 7.88. The molecule has 11 heteroatoms. The van der Waals surface area contributed by atoms with Gasteiger partial charge in [-0.05, 0) is 36.8 Å². The lowest BCUT2D eigenvalue weighted by molar-refractivity contribution is -0.137. The van der Waals surface area contributed by atoms with Crippen LogP contribution >= 0.6 is 0 Å². The molecule has 0 unspecified atom stereocenters. The van der Waals surface area contributed by atoms with Gasteiger partial charge in [0.2, 0.25) is 10.0 Å². The van der Waals surface area contributed by atoms with Crippen molar-refractivity contribution >= 4 is 21.5 Å². The summed E-state index contributed by atoms with van der Waals surface area (Å²) in [6, 6.07) is 8.27. The molecule has 172 valence electrons. The first-order valence-electron chi connectivity index (χ1n) is 9.92. The maximum atomic E-state index is 13.3. The summed E-state index contributed by atoms with van der Waals surface area (Å²) in [4.78, 5) is 6.46. The van der Waals surface area contributed by atoms with E-state index in [0.29, 0.717) is 49.0 Å². The SMILES string of the molecule is COc1ccc2c(c1)Oc1ccc(C(F)(F)F)cc1N=C2N1CCCN(S(C)(=O)=O)CC1. The summed E-state index contributed by atoms with van der Waals surface area (Å²) in [6.07, 6.45) is -2.81. The Bertz CT molecular complexity index is 1170. The molecule has 0 radical (unpaired) electrons. The molecule has 2 aliphatic rings. The first kappa shape index (κ1) is 22.4. The van der Waals surface area contributed by atoms with Crippen LogP contribution in [-0.2, 0) is 16.2 Å². The molecule has 0 bridgehead atoms. The Kier molecular flexibility index (Phi) is 5.80. The third-order valence-electron chi connectivity index (χ3n) is 5.39. The van der Waals surface area contributed by atoms with Crippen molar-refractivity contribution in [1.82, 2.24) is 9.21 Å². The Hall–Kier alpha value is -2.79. The predicted octanol–water partition coefficient (Wildman–Crippen LogP) is 3.87. The second-order valence-electron chi connectivity index (χ2n) is 7.58. The summed E-state index contributed by atoms with van der Waals surface area (Å²) in [5.41, 5.74) is -0.192. The highest BCUT2D eigenvalue weighted by atomic mass is 32.2. The van der Waals surface area contributed by atoms with Gasteiger partial charge in [0.15, 0.2) is 5.75 Å². The molecular weight excluding hydrogens is 447 g/mol.